The first-order valence-corrected chi connectivity index (χ1v) is 11.0. The highest BCUT2D eigenvalue weighted by molar-refractivity contribution is 5.96. The van der Waals surface area contributed by atoms with Gasteiger partial charge in [-0.25, -0.2) is 0 Å². The first-order valence-electron chi connectivity index (χ1n) is 11.0. The van der Waals surface area contributed by atoms with Crippen molar-refractivity contribution in [3.8, 4) is 0 Å². The predicted octanol–water partition coefficient (Wildman–Crippen LogP) is 2.64. The number of hydrogen-bond acceptors (Lipinski definition) is 2. The van der Waals surface area contributed by atoms with Gasteiger partial charge in [0.05, 0.1) is 5.54 Å². The van der Waals surface area contributed by atoms with Gasteiger partial charge in [0, 0.05) is 43.6 Å². The molecule has 4 saturated carbocycles. The Bertz CT molecular complexity index is 689. The fourth-order valence-corrected chi connectivity index (χ4v) is 6.34. The molecule has 0 radical (unpaired) electrons. The molecule has 1 aromatic carbocycles. The number of nitrogens with zero attached hydrogens (tertiary/aromatic N) is 1. The van der Waals surface area contributed by atoms with E-state index in [0.717, 1.165) is 23.4 Å². The van der Waals surface area contributed by atoms with E-state index in [1.165, 1.54) is 38.5 Å². The molecule has 0 atom stereocenters. The fourth-order valence-electron chi connectivity index (χ4n) is 6.34. The van der Waals surface area contributed by atoms with Crippen LogP contribution < -0.4 is 10.6 Å². The second-order valence-corrected chi connectivity index (χ2v) is 9.29. The van der Waals surface area contributed by atoms with Crippen LogP contribution >= 0.6 is 0 Å². The first-order chi connectivity index (χ1) is 13.5. The number of carbonyl (C=O) groups is 2. The standard InChI is InChI=1S/C23H33N3O2/c1-3-26(4-2)22(28)19-5-7-20(8-6-19)25-21(27)15-24-23-12-16-9-17(13-23)11-18(10-16)14-23/h5-8,16-18,24H,3-4,9-15H2,1-2H3,(H,25,27)/p+1. The highest BCUT2D eigenvalue weighted by Gasteiger charge is 2.53. The van der Waals surface area contributed by atoms with Crippen LogP contribution in [0.4, 0.5) is 5.69 Å². The highest BCUT2D eigenvalue weighted by atomic mass is 16.2. The third-order valence-corrected chi connectivity index (χ3v) is 7.27. The van der Waals surface area contributed by atoms with Gasteiger partial charge in [-0.15, -0.1) is 0 Å². The number of carbonyl (C=O) groups excluding carboxylic acids is 2. The maximum Gasteiger partial charge on any atom is 0.279 e. The molecule has 4 fully saturated rings. The van der Waals surface area contributed by atoms with Gasteiger partial charge in [0.1, 0.15) is 0 Å². The summed E-state index contributed by atoms with van der Waals surface area (Å²) in [7, 11) is 0. The molecule has 0 aromatic heterocycles. The molecular weight excluding hydrogens is 350 g/mol. The molecule has 5 heteroatoms. The zero-order valence-electron chi connectivity index (χ0n) is 17.2. The van der Waals surface area contributed by atoms with E-state index in [9.17, 15) is 9.59 Å². The zero-order chi connectivity index (χ0) is 19.7. The van der Waals surface area contributed by atoms with Crippen LogP contribution in [-0.4, -0.2) is 41.9 Å². The SMILES string of the molecule is CCN(CC)C(=O)c1ccc(NC(=O)C[NH2+]C23CC4CC(CC(C4)C2)C3)cc1. The van der Waals surface area contributed by atoms with Crippen LogP contribution in [0.5, 0.6) is 0 Å². The second kappa shape index (κ2) is 7.86. The summed E-state index contributed by atoms with van der Waals surface area (Å²) in [6.07, 6.45) is 8.19. The van der Waals surface area contributed by atoms with E-state index in [1.807, 2.05) is 26.0 Å². The van der Waals surface area contributed by atoms with Gasteiger partial charge in [-0.2, -0.15) is 0 Å². The number of anilines is 1. The minimum atomic E-state index is 0.0398. The third-order valence-electron chi connectivity index (χ3n) is 7.27. The monoisotopic (exact) mass is 384 g/mol. The van der Waals surface area contributed by atoms with Crippen molar-refractivity contribution in [1.29, 1.82) is 0 Å². The van der Waals surface area contributed by atoms with Crippen molar-refractivity contribution in [2.45, 2.75) is 57.9 Å². The lowest BCUT2D eigenvalue weighted by Crippen LogP contribution is -3.00. The molecule has 1 aromatic rings. The predicted molar refractivity (Wildman–Crippen MR) is 110 cm³/mol. The van der Waals surface area contributed by atoms with Crippen molar-refractivity contribution in [3.63, 3.8) is 0 Å². The summed E-state index contributed by atoms with van der Waals surface area (Å²) < 4.78 is 0. The largest absolute Gasteiger partial charge is 0.339 e. The Kier molecular flexibility index (Phi) is 5.46. The molecule has 5 rings (SSSR count). The number of nitrogens with two attached hydrogens (primary N) is 1. The lowest BCUT2D eigenvalue weighted by Gasteiger charge is -2.54. The summed E-state index contributed by atoms with van der Waals surface area (Å²) in [4.78, 5) is 26.7. The van der Waals surface area contributed by atoms with Crippen molar-refractivity contribution in [3.05, 3.63) is 29.8 Å². The van der Waals surface area contributed by atoms with Crippen LogP contribution in [0.15, 0.2) is 24.3 Å². The summed E-state index contributed by atoms with van der Waals surface area (Å²) >= 11 is 0. The van der Waals surface area contributed by atoms with E-state index >= 15 is 0 Å². The van der Waals surface area contributed by atoms with Gasteiger partial charge in [-0.1, -0.05) is 0 Å². The molecule has 0 unspecified atom stereocenters. The molecule has 3 N–H and O–H groups in total. The number of rotatable bonds is 7. The van der Waals surface area contributed by atoms with E-state index in [-0.39, 0.29) is 11.8 Å². The Morgan fingerprint density at radius 3 is 2.04 bits per heavy atom. The minimum absolute atomic E-state index is 0.0398. The Morgan fingerprint density at radius 1 is 1.00 bits per heavy atom. The van der Waals surface area contributed by atoms with E-state index in [4.69, 9.17) is 0 Å². The van der Waals surface area contributed by atoms with Crippen LogP contribution in [0, 0.1) is 17.8 Å². The summed E-state index contributed by atoms with van der Waals surface area (Å²) in [5.41, 5.74) is 1.76. The normalized spacial score (nSPS) is 30.3. The van der Waals surface area contributed by atoms with Crippen molar-refractivity contribution >= 4 is 17.5 Å². The zero-order valence-corrected chi connectivity index (χ0v) is 17.2. The molecule has 4 bridgehead atoms. The van der Waals surface area contributed by atoms with Gasteiger partial charge in [-0.05, 0) is 75.1 Å². The van der Waals surface area contributed by atoms with Gasteiger partial charge in [0.25, 0.3) is 11.8 Å². The molecule has 28 heavy (non-hydrogen) atoms. The van der Waals surface area contributed by atoms with Crippen LogP contribution in [0.25, 0.3) is 0 Å². The molecule has 0 spiro atoms. The molecule has 0 saturated heterocycles. The molecular formula is C23H34N3O2+. The molecule has 0 aliphatic heterocycles. The van der Waals surface area contributed by atoms with Crippen LogP contribution in [0.2, 0.25) is 0 Å². The Morgan fingerprint density at radius 2 is 1.54 bits per heavy atom. The fraction of sp³-hybridized carbons (Fsp3) is 0.652. The lowest BCUT2D eigenvalue weighted by atomic mass is 9.53. The number of amides is 2. The average Bonchev–Trinajstić information content (AvgIpc) is 2.67. The summed E-state index contributed by atoms with van der Waals surface area (Å²) in [5.74, 6) is 2.81. The topological polar surface area (TPSA) is 66.0 Å². The van der Waals surface area contributed by atoms with E-state index in [1.54, 1.807) is 17.0 Å². The van der Waals surface area contributed by atoms with E-state index in [2.05, 4.69) is 10.6 Å². The summed E-state index contributed by atoms with van der Waals surface area (Å²) in [6, 6.07) is 7.27. The molecule has 4 aliphatic rings. The molecule has 2 amide bonds. The van der Waals surface area contributed by atoms with Gasteiger partial charge in [0.15, 0.2) is 6.54 Å². The number of quaternary nitrogens is 1. The lowest BCUT2D eigenvalue weighted by molar-refractivity contribution is -0.729. The maximum absolute atomic E-state index is 12.5. The number of nitrogens with one attached hydrogen (secondary N) is 1. The van der Waals surface area contributed by atoms with Crippen molar-refractivity contribution in [2.75, 3.05) is 25.0 Å². The van der Waals surface area contributed by atoms with Crippen molar-refractivity contribution in [1.82, 2.24) is 4.90 Å². The van der Waals surface area contributed by atoms with Gasteiger partial charge in [0.2, 0.25) is 0 Å². The Balaban J connectivity index is 1.30. The van der Waals surface area contributed by atoms with Crippen molar-refractivity contribution < 1.29 is 14.9 Å². The van der Waals surface area contributed by atoms with Gasteiger partial charge >= 0.3 is 0 Å². The van der Waals surface area contributed by atoms with Crippen molar-refractivity contribution in [2.24, 2.45) is 17.8 Å². The molecule has 4 aliphatic carbocycles. The average molecular weight is 385 g/mol. The first kappa shape index (κ1) is 19.4. The Labute approximate surface area is 168 Å². The number of hydrogen-bond donors (Lipinski definition) is 2. The van der Waals surface area contributed by atoms with Gasteiger partial charge < -0.3 is 15.5 Å². The summed E-state index contributed by atoms with van der Waals surface area (Å²) in [5, 5.41) is 5.34. The van der Waals surface area contributed by atoms with Crippen LogP contribution in [-0.2, 0) is 4.79 Å². The molecule has 5 nitrogen and oxygen atoms in total. The second-order valence-electron chi connectivity index (χ2n) is 9.29. The Hall–Kier alpha value is -1.88. The molecule has 152 valence electrons. The highest BCUT2D eigenvalue weighted by Crippen LogP contribution is 2.54. The minimum Gasteiger partial charge on any atom is -0.339 e. The van der Waals surface area contributed by atoms with Gasteiger partial charge in [-0.3, -0.25) is 9.59 Å². The molecule has 0 heterocycles. The van der Waals surface area contributed by atoms with E-state index in [0.29, 0.717) is 30.7 Å². The summed E-state index contributed by atoms with van der Waals surface area (Å²) in [6.45, 7) is 5.86. The maximum atomic E-state index is 12.5. The van der Waals surface area contributed by atoms with Crippen LogP contribution in [0.1, 0.15) is 62.7 Å². The quantitative estimate of drug-likeness (QED) is 0.759. The van der Waals surface area contributed by atoms with E-state index < -0.39 is 0 Å². The number of benzene rings is 1. The third kappa shape index (κ3) is 3.95. The smallest absolute Gasteiger partial charge is 0.279 e. The van der Waals surface area contributed by atoms with Crippen LogP contribution in [0.3, 0.4) is 0 Å².